The van der Waals surface area contributed by atoms with Gasteiger partial charge in [-0.3, -0.25) is 0 Å². The smallest absolute Gasteiger partial charge is 0.227 e. The van der Waals surface area contributed by atoms with Gasteiger partial charge in [0.15, 0.2) is 0 Å². The first-order valence-corrected chi connectivity index (χ1v) is 10.7. The van der Waals surface area contributed by atoms with Gasteiger partial charge in [-0.15, -0.1) is 0 Å². The Hall–Kier alpha value is -2.88. The van der Waals surface area contributed by atoms with Crippen molar-refractivity contribution in [2.45, 2.75) is 32.6 Å². The van der Waals surface area contributed by atoms with E-state index in [-0.39, 0.29) is 0 Å². The average molecular weight is 387 g/mol. The van der Waals surface area contributed by atoms with Crippen LogP contribution in [-0.4, -0.2) is 29.6 Å². The van der Waals surface area contributed by atoms with Gasteiger partial charge in [0, 0.05) is 31.4 Å². The second-order valence-corrected chi connectivity index (χ2v) is 7.98. The Morgan fingerprint density at radius 2 is 1.55 bits per heavy atom. The molecule has 29 heavy (non-hydrogen) atoms. The number of hydrogen-bond acceptors (Lipinski definition) is 4. The van der Waals surface area contributed by atoms with Crippen molar-refractivity contribution < 1.29 is 0 Å². The minimum atomic E-state index is 0.752. The molecule has 1 aliphatic heterocycles. The Labute approximate surface area is 174 Å². The highest BCUT2D eigenvalue weighted by Crippen LogP contribution is 2.25. The molecule has 3 aromatic rings. The Bertz CT molecular complexity index is 887. The highest BCUT2D eigenvalue weighted by atomic mass is 15.3. The minimum Gasteiger partial charge on any atom is -0.370 e. The van der Waals surface area contributed by atoms with Crippen LogP contribution in [0.25, 0.3) is 0 Å². The van der Waals surface area contributed by atoms with E-state index in [1.54, 1.807) is 0 Å². The molecule has 0 aliphatic carbocycles. The topological polar surface area (TPSA) is 41.1 Å². The van der Waals surface area contributed by atoms with Gasteiger partial charge >= 0.3 is 0 Å². The van der Waals surface area contributed by atoms with Gasteiger partial charge in [0.25, 0.3) is 0 Å². The van der Waals surface area contributed by atoms with E-state index in [9.17, 15) is 0 Å². The molecule has 0 unspecified atom stereocenters. The SMILES string of the molecule is Cc1cc(NCCc2ccccc2)nc(N2CCC(Cc3ccccc3)CC2)n1. The Balaban J connectivity index is 1.32. The van der Waals surface area contributed by atoms with Gasteiger partial charge in [-0.25, -0.2) is 4.98 Å². The quantitative estimate of drug-likeness (QED) is 0.627. The van der Waals surface area contributed by atoms with Crippen LogP contribution in [0.4, 0.5) is 11.8 Å². The summed E-state index contributed by atoms with van der Waals surface area (Å²) in [5.74, 6) is 2.54. The van der Waals surface area contributed by atoms with E-state index < -0.39 is 0 Å². The van der Waals surface area contributed by atoms with Gasteiger partial charge in [0.05, 0.1) is 0 Å². The summed E-state index contributed by atoms with van der Waals surface area (Å²) in [6.07, 6.45) is 4.56. The van der Waals surface area contributed by atoms with Crippen LogP contribution in [0.3, 0.4) is 0 Å². The summed E-state index contributed by atoms with van der Waals surface area (Å²) in [4.78, 5) is 11.9. The largest absolute Gasteiger partial charge is 0.370 e. The normalized spacial score (nSPS) is 14.7. The van der Waals surface area contributed by atoms with Crippen molar-refractivity contribution in [1.82, 2.24) is 9.97 Å². The van der Waals surface area contributed by atoms with E-state index in [2.05, 4.69) is 77.8 Å². The molecule has 1 saturated heterocycles. The molecule has 0 atom stereocenters. The molecule has 1 aromatic heterocycles. The maximum Gasteiger partial charge on any atom is 0.227 e. The summed E-state index contributed by atoms with van der Waals surface area (Å²) < 4.78 is 0. The molecule has 150 valence electrons. The molecule has 4 rings (SSSR count). The van der Waals surface area contributed by atoms with Gasteiger partial charge in [-0.2, -0.15) is 4.98 Å². The Morgan fingerprint density at radius 3 is 2.24 bits per heavy atom. The third-order valence-electron chi connectivity index (χ3n) is 5.67. The van der Waals surface area contributed by atoms with Gasteiger partial charge in [-0.05, 0) is 49.7 Å². The number of piperidine rings is 1. The first-order chi connectivity index (χ1) is 14.3. The van der Waals surface area contributed by atoms with E-state index in [0.29, 0.717) is 0 Å². The van der Waals surface area contributed by atoms with Crippen molar-refractivity contribution in [3.05, 3.63) is 83.6 Å². The van der Waals surface area contributed by atoms with E-state index >= 15 is 0 Å². The third-order valence-corrected chi connectivity index (χ3v) is 5.67. The standard InChI is InChI=1S/C25H30N4/c1-20-18-24(26-15-12-21-8-4-2-5-9-21)28-25(27-20)29-16-13-23(14-17-29)19-22-10-6-3-7-11-22/h2-11,18,23H,12-17,19H2,1H3,(H,26,27,28). The molecule has 2 heterocycles. The van der Waals surface area contributed by atoms with Gasteiger partial charge in [0.1, 0.15) is 5.82 Å². The van der Waals surface area contributed by atoms with Crippen LogP contribution in [-0.2, 0) is 12.8 Å². The average Bonchev–Trinajstić information content (AvgIpc) is 2.75. The second-order valence-electron chi connectivity index (χ2n) is 7.98. The molecule has 0 amide bonds. The molecule has 2 aromatic carbocycles. The lowest BCUT2D eigenvalue weighted by Crippen LogP contribution is -2.35. The fraction of sp³-hybridized carbons (Fsp3) is 0.360. The molecule has 1 aliphatic rings. The zero-order chi connectivity index (χ0) is 19.9. The van der Waals surface area contributed by atoms with E-state index in [1.165, 1.54) is 30.4 Å². The first kappa shape index (κ1) is 19.4. The summed E-state index contributed by atoms with van der Waals surface area (Å²) in [7, 11) is 0. The van der Waals surface area contributed by atoms with Gasteiger partial charge in [0.2, 0.25) is 5.95 Å². The van der Waals surface area contributed by atoms with Crippen LogP contribution in [0.5, 0.6) is 0 Å². The zero-order valence-corrected chi connectivity index (χ0v) is 17.2. The number of nitrogens with one attached hydrogen (secondary N) is 1. The molecule has 0 spiro atoms. The fourth-order valence-corrected chi connectivity index (χ4v) is 4.05. The fourth-order valence-electron chi connectivity index (χ4n) is 4.05. The summed E-state index contributed by atoms with van der Waals surface area (Å²) in [5, 5.41) is 3.48. The lowest BCUT2D eigenvalue weighted by molar-refractivity contribution is 0.400. The molecule has 1 N–H and O–H groups in total. The number of aryl methyl sites for hydroxylation is 1. The van der Waals surface area contributed by atoms with Crippen molar-refractivity contribution in [1.29, 1.82) is 0 Å². The second kappa shape index (κ2) is 9.55. The van der Waals surface area contributed by atoms with Crippen LogP contribution >= 0.6 is 0 Å². The monoisotopic (exact) mass is 386 g/mol. The highest BCUT2D eigenvalue weighted by Gasteiger charge is 2.21. The lowest BCUT2D eigenvalue weighted by atomic mass is 9.90. The van der Waals surface area contributed by atoms with E-state index in [1.807, 2.05) is 6.07 Å². The zero-order valence-electron chi connectivity index (χ0n) is 17.2. The molecule has 4 nitrogen and oxygen atoms in total. The minimum absolute atomic E-state index is 0.752. The number of aromatic nitrogens is 2. The molecule has 0 saturated carbocycles. The van der Waals surface area contributed by atoms with Crippen LogP contribution in [0.2, 0.25) is 0 Å². The van der Waals surface area contributed by atoms with Gasteiger partial charge < -0.3 is 10.2 Å². The third kappa shape index (κ3) is 5.57. The number of benzene rings is 2. The van der Waals surface area contributed by atoms with E-state index in [0.717, 1.165) is 49.4 Å². The summed E-state index contributed by atoms with van der Waals surface area (Å²) in [6.45, 7) is 4.99. The molecular weight excluding hydrogens is 356 g/mol. The maximum atomic E-state index is 4.80. The van der Waals surface area contributed by atoms with Crippen LogP contribution in [0.1, 0.15) is 29.7 Å². The number of hydrogen-bond donors (Lipinski definition) is 1. The lowest BCUT2D eigenvalue weighted by Gasteiger charge is -2.32. The van der Waals surface area contributed by atoms with Crippen molar-refractivity contribution in [2.75, 3.05) is 29.9 Å². The summed E-state index contributed by atoms with van der Waals surface area (Å²) in [6, 6.07) is 23.4. The molecule has 0 bridgehead atoms. The highest BCUT2D eigenvalue weighted by molar-refractivity contribution is 5.44. The number of nitrogens with zero attached hydrogens (tertiary/aromatic N) is 3. The van der Waals surface area contributed by atoms with Crippen LogP contribution in [0, 0.1) is 12.8 Å². The number of rotatable bonds is 7. The van der Waals surface area contributed by atoms with Crippen LogP contribution in [0.15, 0.2) is 66.7 Å². The Kier molecular flexibility index (Phi) is 6.40. The van der Waals surface area contributed by atoms with E-state index in [4.69, 9.17) is 9.97 Å². The molecule has 1 fully saturated rings. The van der Waals surface area contributed by atoms with Crippen LogP contribution < -0.4 is 10.2 Å². The van der Waals surface area contributed by atoms with Crippen molar-refractivity contribution in [3.63, 3.8) is 0 Å². The number of anilines is 2. The summed E-state index contributed by atoms with van der Waals surface area (Å²) in [5.41, 5.74) is 3.80. The predicted molar refractivity (Wildman–Crippen MR) is 120 cm³/mol. The van der Waals surface area contributed by atoms with Crippen molar-refractivity contribution in [2.24, 2.45) is 5.92 Å². The molecular formula is C25H30N4. The Morgan fingerprint density at radius 1 is 0.897 bits per heavy atom. The predicted octanol–water partition coefficient (Wildman–Crippen LogP) is 4.90. The molecule has 4 heteroatoms. The summed E-state index contributed by atoms with van der Waals surface area (Å²) >= 11 is 0. The maximum absolute atomic E-state index is 4.80. The van der Waals surface area contributed by atoms with Crippen molar-refractivity contribution >= 4 is 11.8 Å². The molecule has 0 radical (unpaired) electrons. The van der Waals surface area contributed by atoms with Gasteiger partial charge in [-0.1, -0.05) is 60.7 Å². The first-order valence-electron chi connectivity index (χ1n) is 10.7. The van der Waals surface area contributed by atoms with Crippen molar-refractivity contribution in [3.8, 4) is 0 Å².